The Hall–Kier alpha value is -6.64. The summed E-state index contributed by atoms with van der Waals surface area (Å²) in [5.41, 5.74) is 6.24. The third kappa shape index (κ3) is 14.0. The molecular formula is C65H66O10. The fraction of sp³-hybridized carbons (Fsp3) is 0.262. The van der Waals surface area contributed by atoms with Crippen LogP contribution in [-0.2, 0) is 81.4 Å². The van der Waals surface area contributed by atoms with E-state index in [9.17, 15) is 5.11 Å². The van der Waals surface area contributed by atoms with E-state index in [2.05, 4.69) is 36.4 Å². The predicted octanol–water partition coefficient (Wildman–Crippen LogP) is 11.6. The Kier molecular flexibility index (Phi) is 19.7. The summed E-state index contributed by atoms with van der Waals surface area (Å²) < 4.78 is 49.9. The summed E-state index contributed by atoms with van der Waals surface area (Å²) in [5.74, 6) is 0. The number of hydrogen-bond donors (Lipinski definition) is 1. The monoisotopic (exact) mass is 1010 g/mol. The molecule has 1 saturated heterocycles. The van der Waals surface area contributed by atoms with Gasteiger partial charge in [-0.25, -0.2) is 9.78 Å². The Morgan fingerprint density at radius 1 is 0.453 bits per heavy atom. The molecule has 8 aromatic rings. The van der Waals surface area contributed by atoms with Crippen LogP contribution in [0, 0.1) is 0 Å². The topological polar surface area (TPSA) is 103 Å². The summed E-state index contributed by atoms with van der Waals surface area (Å²) in [4.78, 5) is 11.2. The fourth-order valence-electron chi connectivity index (χ4n) is 9.88. The van der Waals surface area contributed by atoms with Gasteiger partial charge in [0.1, 0.15) is 49.3 Å². The molecule has 1 aliphatic heterocycles. The van der Waals surface area contributed by atoms with Gasteiger partial charge in [-0.2, -0.15) is 0 Å². The fourth-order valence-corrected chi connectivity index (χ4v) is 9.88. The zero-order valence-corrected chi connectivity index (χ0v) is 42.3. The van der Waals surface area contributed by atoms with Crippen molar-refractivity contribution in [3.63, 3.8) is 0 Å². The predicted molar refractivity (Wildman–Crippen MR) is 288 cm³/mol. The quantitative estimate of drug-likeness (QED) is 0.0290. The van der Waals surface area contributed by atoms with E-state index in [-0.39, 0.29) is 39.6 Å². The van der Waals surface area contributed by atoms with E-state index >= 15 is 0 Å². The Morgan fingerprint density at radius 2 is 0.827 bits per heavy atom. The van der Waals surface area contributed by atoms with Crippen LogP contribution in [0.3, 0.4) is 0 Å². The standard InChI is InChI=1S/C65H66O10/c1-67-73-48-58(69-43-50-28-12-3-13-29-50)60(70-44-51-30-14-4-15-31-51)62(72-46-53-34-18-6-19-35-53)63(65(54-36-20-7-21-37-54,55-38-22-8-23-39-55)56-40-24-9-25-41-56)75-64-61(71-45-52-32-16-5-17-33-52)59(66)57(74-64)47-68-42-49-26-10-2-11-27-49/h2-41,57-64,66H,42-48H2,1H3/t57-,58-,59-,60-,61-,62-,63?,64+/m1/s1. The van der Waals surface area contributed by atoms with Crippen molar-refractivity contribution >= 4 is 0 Å². The highest BCUT2D eigenvalue weighted by Crippen LogP contribution is 2.48. The molecule has 1 fully saturated rings. The van der Waals surface area contributed by atoms with Crippen LogP contribution >= 0.6 is 0 Å². The number of ether oxygens (including phenoxy) is 7. The summed E-state index contributed by atoms with van der Waals surface area (Å²) in [7, 11) is 1.48. The van der Waals surface area contributed by atoms with Gasteiger partial charge in [-0.3, -0.25) is 0 Å². The van der Waals surface area contributed by atoms with Gasteiger partial charge < -0.3 is 38.3 Å². The molecule has 1 N–H and O–H groups in total. The second-order valence-electron chi connectivity index (χ2n) is 18.6. The lowest BCUT2D eigenvalue weighted by Crippen LogP contribution is -2.60. The molecule has 0 spiro atoms. The summed E-state index contributed by atoms with van der Waals surface area (Å²) >= 11 is 0. The third-order valence-electron chi connectivity index (χ3n) is 13.6. The second-order valence-corrected chi connectivity index (χ2v) is 18.6. The first kappa shape index (κ1) is 53.2. The zero-order chi connectivity index (χ0) is 51.3. The first-order valence-electron chi connectivity index (χ1n) is 25.6. The lowest BCUT2D eigenvalue weighted by atomic mass is 9.63. The lowest BCUT2D eigenvalue weighted by molar-refractivity contribution is -0.305. The van der Waals surface area contributed by atoms with E-state index in [0.717, 1.165) is 44.5 Å². The maximum absolute atomic E-state index is 12.5. The number of hydrogen-bond acceptors (Lipinski definition) is 10. The van der Waals surface area contributed by atoms with E-state index in [0.29, 0.717) is 6.61 Å². The minimum absolute atomic E-state index is 0.0437. The van der Waals surface area contributed by atoms with E-state index in [1.54, 1.807) is 0 Å². The number of aliphatic hydroxyl groups excluding tert-OH is 1. The minimum Gasteiger partial charge on any atom is -0.387 e. The van der Waals surface area contributed by atoms with Crippen molar-refractivity contribution in [2.45, 2.75) is 87.5 Å². The molecule has 1 unspecified atom stereocenters. The average Bonchev–Trinajstić information content (AvgIpc) is 3.78. The van der Waals surface area contributed by atoms with Crippen LogP contribution in [0.5, 0.6) is 0 Å². The van der Waals surface area contributed by atoms with Gasteiger partial charge in [0.2, 0.25) is 0 Å². The van der Waals surface area contributed by atoms with E-state index in [1.165, 1.54) is 7.11 Å². The Labute approximate surface area is 441 Å². The highest BCUT2D eigenvalue weighted by atomic mass is 17.2. The van der Waals surface area contributed by atoms with Crippen molar-refractivity contribution in [2.24, 2.45) is 0 Å². The van der Waals surface area contributed by atoms with Crippen molar-refractivity contribution in [3.05, 3.63) is 287 Å². The van der Waals surface area contributed by atoms with Crippen molar-refractivity contribution in [3.8, 4) is 0 Å². The second kappa shape index (κ2) is 27.8. The van der Waals surface area contributed by atoms with Gasteiger partial charge in [-0.1, -0.05) is 243 Å². The first-order valence-corrected chi connectivity index (χ1v) is 25.6. The van der Waals surface area contributed by atoms with Crippen molar-refractivity contribution in [2.75, 3.05) is 20.3 Å². The van der Waals surface area contributed by atoms with Crippen molar-refractivity contribution in [1.29, 1.82) is 0 Å². The maximum Gasteiger partial charge on any atom is 0.187 e. The van der Waals surface area contributed by atoms with Gasteiger partial charge >= 0.3 is 0 Å². The highest BCUT2D eigenvalue weighted by molar-refractivity contribution is 5.53. The van der Waals surface area contributed by atoms with Crippen LogP contribution < -0.4 is 0 Å². The summed E-state index contributed by atoms with van der Waals surface area (Å²) in [6.07, 6.45) is -8.08. The van der Waals surface area contributed by atoms with Crippen molar-refractivity contribution < 1.29 is 48.0 Å². The van der Waals surface area contributed by atoms with Crippen molar-refractivity contribution in [1.82, 2.24) is 0 Å². The summed E-state index contributed by atoms with van der Waals surface area (Å²) in [6.45, 7) is 1.07. The van der Waals surface area contributed by atoms with Crippen LogP contribution in [0.25, 0.3) is 0 Å². The molecule has 9 rings (SSSR count). The average molecular weight is 1010 g/mol. The smallest absolute Gasteiger partial charge is 0.187 e. The van der Waals surface area contributed by atoms with Crippen LogP contribution in [0.2, 0.25) is 0 Å². The normalized spacial score (nSPS) is 18.3. The Bertz CT molecular complexity index is 2700. The van der Waals surface area contributed by atoms with Crippen LogP contribution in [-0.4, -0.2) is 74.4 Å². The molecule has 0 amide bonds. The summed E-state index contributed by atoms with van der Waals surface area (Å²) in [5, 5.41) is 12.5. The molecule has 386 valence electrons. The summed E-state index contributed by atoms with van der Waals surface area (Å²) in [6, 6.07) is 80.8. The van der Waals surface area contributed by atoms with E-state index in [1.807, 2.05) is 206 Å². The molecular weight excluding hydrogens is 941 g/mol. The van der Waals surface area contributed by atoms with Gasteiger partial charge in [0.05, 0.1) is 52.2 Å². The van der Waals surface area contributed by atoms with Gasteiger partial charge in [-0.15, -0.1) is 0 Å². The molecule has 75 heavy (non-hydrogen) atoms. The SMILES string of the molecule is COOC[C@@H](OCc1ccccc1)[C@@H](OCc1ccccc1)[C@@H](OCc1ccccc1)C(O[C@@H]1O[C@H](COCc2ccccc2)[C@@H](O)[C@H]1OCc1ccccc1)C(c1ccccc1)(c1ccccc1)c1ccccc1. The Balaban J connectivity index is 1.25. The molecule has 1 heterocycles. The zero-order valence-electron chi connectivity index (χ0n) is 42.3. The van der Waals surface area contributed by atoms with Gasteiger partial charge in [0.15, 0.2) is 6.29 Å². The molecule has 8 atom stereocenters. The number of benzene rings is 8. The number of rotatable bonds is 28. The maximum atomic E-state index is 12.5. The lowest BCUT2D eigenvalue weighted by Gasteiger charge is -2.48. The van der Waals surface area contributed by atoms with E-state index in [4.69, 9.17) is 42.9 Å². The van der Waals surface area contributed by atoms with Crippen LogP contribution in [0.15, 0.2) is 243 Å². The first-order chi connectivity index (χ1) is 37.1. The van der Waals surface area contributed by atoms with Crippen LogP contribution in [0.1, 0.15) is 44.5 Å². The molecule has 0 aliphatic carbocycles. The largest absolute Gasteiger partial charge is 0.387 e. The highest BCUT2D eigenvalue weighted by Gasteiger charge is 2.56. The van der Waals surface area contributed by atoms with Gasteiger partial charge in [-0.05, 0) is 44.5 Å². The van der Waals surface area contributed by atoms with Crippen LogP contribution in [0.4, 0.5) is 0 Å². The minimum atomic E-state index is -1.20. The van der Waals surface area contributed by atoms with Gasteiger partial charge in [0, 0.05) is 0 Å². The Morgan fingerprint density at radius 3 is 1.25 bits per heavy atom. The molecule has 10 nitrogen and oxygen atoms in total. The molecule has 10 heteroatoms. The molecule has 0 radical (unpaired) electrons. The molecule has 0 aromatic heterocycles. The molecule has 1 aliphatic rings. The molecule has 0 saturated carbocycles. The molecule has 0 bridgehead atoms. The van der Waals surface area contributed by atoms with E-state index < -0.39 is 54.4 Å². The third-order valence-corrected chi connectivity index (χ3v) is 13.6. The molecule has 8 aromatic carbocycles. The number of aliphatic hydroxyl groups is 1. The van der Waals surface area contributed by atoms with Gasteiger partial charge in [0.25, 0.3) is 0 Å².